The Morgan fingerprint density at radius 2 is 2.40 bits per heavy atom. The summed E-state index contributed by atoms with van der Waals surface area (Å²) in [6.45, 7) is 5.96. The van der Waals surface area contributed by atoms with E-state index in [0.29, 0.717) is 0 Å². The first-order chi connectivity index (χ1) is 6.72. The van der Waals surface area contributed by atoms with Crippen molar-refractivity contribution < 1.29 is 14.1 Å². The van der Waals surface area contributed by atoms with Gasteiger partial charge in [-0.05, 0) is 13.0 Å². The van der Waals surface area contributed by atoms with Crippen LogP contribution in [0.15, 0.2) is 37.2 Å². The van der Waals surface area contributed by atoms with Crippen molar-refractivity contribution in [1.29, 1.82) is 0 Å². The molecule has 0 amide bonds. The summed E-state index contributed by atoms with van der Waals surface area (Å²) in [6, 6.07) is 3.88. The number of rotatable bonds is 4. The Kier molecular flexibility index (Phi) is 6.62. The summed E-state index contributed by atoms with van der Waals surface area (Å²) in [5.74, 6) is -0.250. The van der Waals surface area contributed by atoms with Gasteiger partial charge in [-0.1, -0.05) is 12.7 Å². The summed E-state index contributed by atoms with van der Waals surface area (Å²) in [6.07, 6.45) is 5.29. The maximum atomic E-state index is 11.2. The Morgan fingerprint density at radius 1 is 1.67 bits per heavy atom. The van der Waals surface area contributed by atoms with Crippen LogP contribution < -0.4 is 4.57 Å². The van der Waals surface area contributed by atoms with E-state index >= 15 is 0 Å². The van der Waals surface area contributed by atoms with Crippen LogP contribution in [-0.2, 0) is 16.1 Å². The molecule has 0 unspecified atom stereocenters. The molecule has 0 aromatic carbocycles. The lowest BCUT2D eigenvalue weighted by Gasteiger charge is -1.98. The fourth-order valence-electron chi connectivity index (χ4n) is 1.10. The molecule has 82 valence electrons. The highest BCUT2D eigenvalue weighted by atomic mass is 79.9. The first-order valence-electron chi connectivity index (χ1n) is 4.44. The van der Waals surface area contributed by atoms with Crippen LogP contribution in [0.1, 0.15) is 5.56 Å². The van der Waals surface area contributed by atoms with E-state index in [2.05, 4.69) is 6.58 Å². The van der Waals surface area contributed by atoms with Gasteiger partial charge in [-0.25, -0.2) is 4.79 Å². The molecule has 1 heterocycles. The summed E-state index contributed by atoms with van der Waals surface area (Å²) >= 11 is 0. The van der Waals surface area contributed by atoms with Crippen LogP contribution in [0, 0.1) is 6.92 Å². The number of carbonyl (C=O) groups excluding carboxylic acids is 1. The first-order valence-corrected chi connectivity index (χ1v) is 4.44. The van der Waals surface area contributed by atoms with Crippen LogP contribution in [0.5, 0.6) is 0 Å². The van der Waals surface area contributed by atoms with Crippen LogP contribution in [-0.4, -0.2) is 12.6 Å². The number of aromatic nitrogens is 1. The number of hydrogen-bond acceptors (Lipinski definition) is 2. The molecule has 0 saturated carbocycles. The van der Waals surface area contributed by atoms with E-state index in [1.54, 1.807) is 10.6 Å². The summed E-state index contributed by atoms with van der Waals surface area (Å²) in [5.41, 5.74) is 1.11. The maximum absolute atomic E-state index is 11.2. The third kappa shape index (κ3) is 5.32. The third-order valence-electron chi connectivity index (χ3n) is 1.68. The third-order valence-corrected chi connectivity index (χ3v) is 1.68. The smallest absolute Gasteiger partial charge is 0.372 e. The number of ether oxygens (including phenoxy) is 1. The number of nitrogens with zero attached hydrogens (tertiary/aromatic N) is 1. The van der Waals surface area contributed by atoms with Gasteiger partial charge >= 0.3 is 5.97 Å². The average Bonchev–Trinajstić information content (AvgIpc) is 2.15. The summed E-state index contributed by atoms with van der Waals surface area (Å²) in [5, 5.41) is 0. The molecular weight excluding hydrogens is 258 g/mol. The van der Waals surface area contributed by atoms with Gasteiger partial charge in [-0.2, -0.15) is 4.57 Å². The lowest BCUT2D eigenvalue weighted by Crippen LogP contribution is -2.38. The van der Waals surface area contributed by atoms with Gasteiger partial charge in [0.15, 0.2) is 12.4 Å². The van der Waals surface area contributed by atoms with Gasteiger partial charge < -0.3 is 4.74 Å². The minimum absolute atomic E-state index is 0. The Bertz CT molecular complexity index is 339. The SMILES string of the molecule is Br.C=CCOC(=O)C[n+]1cccc(C)c1. The van der Waals surface area contributed by atoms with E-state index in [9.17, 15) is 4.79 Å². The molecule has 0 N–H and O–H groups in total. The zero-order valence-corrected chi connectivity index (χ0v) is 10.4. The zero-order chi connectivity index (χ0) is 10.4. The summed E-state index contributed by atoms with van der Waals surface area (Å²) < 4.78 is 6.65. The molecule has 0 radical (unpaired) electrons. The zero-order valence-electron chi connectivity index (χ0n) is 8.68. The van der Waals surface area contributed by atoms with E-state index in [4.69, 9.17) is 4.74 Å². The van der Waals surface area contributed by atoms with Crippen LogP contribution in [0.2, 0.25) is 0 Å². The molecular formula is C11H15BrNO2+. The van der Waals surface area contributed by atoms with Gasteiger partial charge in [-0.3, -0.25) is 0 Å². The monoisotopic (exact) mass is 272 g/mol. The Hall–Kier alpha value is -1.16. The number of halogens is 1. The topological polar surface area (TPSA) is 30.2 Å². The molecule has 0 bridgehead atoms. The van der Waals surface area contributed by atoms with E-state index in [1.165, 1.54) is 0 Å². The largest absolute Gasteiger partial charge is 0.457 e. The predicted octanol–water partition coefficient (Wildman–Crippen LogP) is 1.59. The van der Waals surface area contributed by atoms with Gasteiger partial charge in [0.25, 0.3) is 0 Å². The molecule has 0 atom stereocenters. The molecule has 4 heteroatoms. The van der Waals surface area contributed by atoms with Crippen molar-refractivity contribution in [2.75, 3.05) is 6.61 Å². The minimum Gasteiger partial charge on any atom is -0.457 e. The number of carbonyl (C=O) groups is 1. The molecule has 0 aliphatic carbocycles. The predicted molar refractivity (Wildman–Crippen MR) is 62.9 cm³/mol. The Labute approximate surface area is 100 Å². The Balaban J connectivity index is 0.00000196. The van der Waals surface area contributed by atoms with Crippen LogP contribution >= 0.6 is 17.0 Å². The normalized spacial score (nSPS) is 8.87. The molecule has 0 aliphatic heterocycles. The molecule has 3 nitrogen and oxygen atoms in total. The van der Waals surface area contributed by atoms with Gasteiger partial charge in [0.2, 0.25) is 6.54 Å². The van der Waals surface area contributed by atoms with Gasteiger partial charge in [0.1, 0.15) is 6.61 Å². The van der Waals surface area contributed by atoms with Crippen molar-refractivity contribution in [2.24, 2.45) is 0 Å². The van der Waals surface area contributed by atoms with E-state index in [1.807, 2.05) is 31.5 Å². The van der Waals surface area contributed by atoms with Crippen LogP contribution in [0.3, 0.4) is 0 Å². The van der Waals surface area contributed by atoms with Gasteiger partial charge in [0.05, 0.1) is 0 Å². The van der Waals surface area contributed by atoms with Crippen molar-refractivity contribution in [1.82, 2.24) is 0 Å². The molecule has 0 spiro atoms. The van der Waals surface area contributed by atoms with Crippen LogP contribution in [0.4, 0.5) is 0 Å². The second-order valence-electron chi connectivity index (χ2n) is 3.03. The second-order valence-corrected chi connectivity index (χ2v) is 3.03. The molecule has 15 heavy (non-hydrogen) atoms. The Morgan fingerprint density at radius 3 is 3.00 bits per heavy atom. The second kappa shape index (κ2) is 7.17. The molecule has 1 aromatic rings. The number of pyridine rings is 1. The highest BCUT2D eigenvalue weighted by molar-refractivity contribution is 8.93. The van der Waals surface area contributed by atoms with E-state index in [0.717, 1.165) is 5.56 Å². The van der Waals surface area contributed by atoms with Gasteiger partial charge in [-0.15, -0.1) is 17.0 Å². The average molecular weight is 273 g/mol. The number of aryl methyl sites for hydroxylation is 1. The fourth-order valence-corrected chi connectivity index (χ4v) is 1.10. The van der Waals surface area contributed by atoms with Crippen molar-refractivity contribution >= 4 is 23.0 Å². The van der Waals surface area contributed by atoms with Crippen molar-refractivity contribution in [2.45, 2.75) is 13.5 Å². The molecule has 0 saturated heterocycles. The number of hydrogen-bond donors (Lipinski definition) is 0. The first kappa shape index (κ1) is 13.8. The fraction of sp³-hybridized carbons (Fsp3) is 0.273. The quantitative estimate of drug-likeness (QED) is 0.474. The van der Waals surface area contributed by atoms with Crippen LogP contribution in [0.25, 0.3) is 0 Å². The molecule has 0 fully saturated rings. The van der Waals surface area contributed by atoms with Gasteiger partial charge in [0, 0.05) is 11.6 Å². The number of esters is 1. The standard InChI is InChI=1S/C11H14NO2.BrH/c1-3-7-14-11(13)9-12-6-4-5-10(2)8-12;/h3-6,8H,1,7,9H2,2H3;1H/q+1;. The lowest BCUT2D eigenvalue weighted by atomic mass is 10.3. The van der Waals surface area contributed by atoms with Crippen molar-refractivity contribution in [3.05, 3.63) is 42.7 Å². The molecule has 1 rings (SSSR count). The molecule has 1 aromatic heterocycles. The highest BCUT2D eigenvalue weighted by Gasteiger charge is 2.09. The summed E-state index contributed by atoms with van der Waals surface area (Å²) in [4.78, 5) is 11.2. The van der Waals surface area contributed by atoms with E-state index in [-0.39, 0.29) is 36.1 Å². The summed E-state index contributed by atoms with van der Waals surface area (Å²) in [7, 11) is 0. The lowest BCUT2D eigenvalue weighted by molar-refractivity contribution is -0.686. The maximum Gasteiger partial charge on any atom is 0.372 e. The van der Waals surface area contributed by atoms with Crippen molar-refractivity contribution in [3.63, 3.8) is 0 Å². The van der Waals surface area contributed by atoms with E-state index < -0.39 is 0 Å². The minimum atomic E-state index is -0.250. The highest BCUT2D eigenvalue weighted by Crippen LogP contribution is 1.89. The molecule has 0 aliphatic rings. The van der Waals surface area contributed by atoms with Crippen molar-refractivity contribution in [3.8, 4) is 0 Å².